The average molecular weight is 1040 g/mol. The third kappa shape index (κ3) is 14.3. The maximum absolute atomic E-state index is 12.5. The Morgan fingerprint density at radius 3 is 1.31 bits per heavy atom. The van der Waals surface area contributed by atoms with Crippen LogP contribution < -0.4 is 23.8 Å². The van der Waals surface area contributed by atoms with Crippen molar-refractivity contribution < 1.29 is 38.0 Å². The molecular weight excluding hydrogens is 971 g/mol. The minimum absolute atomic E-state index is 0.338. The summed E-state index contributed by atoms with van der Waals surface area (Å²) < 4.78 is 32.0. The van der Waals surface area contributed by atoms with Gasteiger partial charge in [0.1, 0.15) is 23.0 Å². The number of methoxy groups -OCH3 is 3. The van der Waals surface area contributed by atoms with E-state index in [1.54, 1.807) is 39.5 Å². The summed E-state index contributed by atoms with van der Waals surface area (Å²) in [6.45, 7) is 10.6. The van der Waals surface area contributed by atoms with Crippen molar-refractivity contribution in [3.05, 3.63) is 268 Å². The van der Waals surface area contributed by atoms with Gasteiger partial charge in [-0.3, -0.25) is 4.79 Å². The highest BCUT2D eigenvalue weighted by Crippen LogP contribution is 2.38. The fourth-order valence-electron chi connectivity index (χ4n) is 9.05. The molecule has 0 aromatic heterocycles. The summed E-state index contributed by atoms with van der Waals surface area (Å²) in [7, 11) is 5.07. The molecule has 0 aliphatic heterocycles. The Balaban J connectivity index is 0.000000206. The molecule has 0 saturated carbocycles. The van der Waals surface area contributed by atoms with Crippen LogP contribution in [0.5, 0.6) is 23.0 Å². The van der Waals surface area contributed by atoms with Crippen molar-refractivity contribution in [2.75, 3.05) is 26.2 Å². The zero-order valence-corrected chi connectivity index (χ0v) is 45.5. The molecule has 0 saturated heterocycles. The van der Waals surface area contributed by atoms with Gasteiger partial charge in [0, 0.05) is 43.6 Å². The molecule has 9 aromatic rings. The molecule has 0 aliphatic carbocycles. The van der Waals surface area contributed by atoms with Crippen LogP contribution in [0.15, 0.2) is 218 Å². The maximum Gasteiger partial charge on any atom is 0.519 e. The van der Waals surface area contributed by atoms with E-state index in [1.165, 1.54) is 23.6 Å². The molecule has 0 spiro atoms. The standard InChI is InChI=1S/C36H33NO2.C33H32O6/c1-38-26-29-15-21-34(22-16-29)37(35-23-17-30(18-24-35)27-39-2)33-19-13-28(14-20-33)25-36(31-9-5-3-6-10-31)32-11-7-4-8-12-32;1-21-19-26(11-17-30(21)37-23(3)34)33(4,5)27-12-18-31(22(2)20-27)39-32(35)38-29-15-9-25(10-16-29)24-7-13-28(36-6)14-8-24/h3-25H,26-27H2,1-2H3;7-20H,1-6H3. The lowest BCUT2D eigenvalue weighted by Crippen LogP contribution is -2.20. The molecule has 0 heterocycles. The fourth-order valence-corrected chi connectivity index (χ4v) is 9.05. The van der Waals surface area contributed by atoms with E-state index in [2.05, 4.69) is 158 Å². The summed E-state index contributed by atoms with van der Waals surface area (Å²) in [5.41, 5.74) is 15.8. The van der Waals surface area contributed by atoms with E-state index < -0.39 is 6.16 Å². The molecule has 78 heavy (non-hydrogen) atoms. The first-order valence-corrected chi connectivity index (χ1v) is 25.7. The summed E-state index contributed by atoms with van der Waals surface area (Å²) >= 11 is 0. The summed E-state index contributed by atoms with van der Waals surface area (Å²) in [5, 5.41) is 0. The van der Waals surface area contributed by atoms with E-state index in [-0.39, 0.29) is 11.4 Å². The monoisotopic (exact) mass is 1040 g/mol. The third-order valence-corrected chi connectivity index (χ3v) is 13.4. The quantitative estimate of drug-likeness (QED) is 0.0383. The Kier molecular flexibility index (Phi) is 18.5. The van der Waals surface area contributed by atoms with Gasteiger partial charge in [-0.2, -0.15) is 0 Å². The van der Waals surface area contributed by atoms with E-state index in [9.17, 15) is 9.59 Å². The number of benzene rings is 9. The van der Waals surface area contributed by atoms with Gasteiger partial charge in [0.2, 0.25) is 0 Å². The van der Waals surface area contributed by atoms with E-state index >= 15 is 0 Å². The first-order chi connectivity index (χ1) is 37.8. The van der Waals surface area contributed by atoms with Crippen LogP contribution in [0.4, 0.5) is 21.9 Å². The Bertz CT molecular complexity index is 3340. The second-order valence-corrected chi connectivity index (χ2v) is 19.3. The minimum atomic E-state index is -0.806. The number of hydrogen-bond acceptors (Lipinski definition) is 9. The molecule has 9 nitrogen and oxygen atoms in total. The molecule has 9 aromatic carbocycles. The lowest BCUT2D eigenvalue weighted by Gasteiger charge is -2.27. The van der Waals surface area contributed by atoms with Crippen LogP contribution in [0.2, 0.25) is 0 Å². The first-order valence-electron chi connectivity index (χ1n) is 25.7. The Hall–Kier alpha value is -9.02. The number of carbonyl (C=O) groups excluding carboxylic acids is 2. The number of anilines is 3. The van der Waals surface area contributed by atoms with Crippen LogP contribution in [0.3, 0.4) is 0 Å². The van der Waals surface area contributed by atoms with Crippen LogP contribution in [0.1, 0.15) is 70.8 Å². The topological polar surface area (TPSA) is 92.8 Å². The van der Waals surface area contributed by atoms with Crippen LogP contribution in [-0.2, 0) is 32.9 Å². The predicted molar refractivity (Wildman–Crippen MR) is 313 cm³/mol. The van der Waals surface area contributed by atoms with Gasteiger partial charge in [-0.25, -0.2) is 4.79 Å². The van der Waals surface area contributed by atoms with Gasteiger partial charge in [-0.05, 0) is 159 Å². The van der Waals surface area contributed by atoms with Crippen molar-refractivity contribution in [1.82, 2.24) is 0 Å². The molecule has 0 aliphatic rings. The summed E-state index contributed by atoms with van der Waals surface area (Å²) in [5.74, 6) is 1.81. The Morgan fingerprint density at radius 2 is 0.897 bits per heavy atom. The molecule has 9 rings (SSSR count). The van der Waals surface area contributed by atoms with E-state index in [0.29, 0.717) is 30.5 Å². The largest absolute Gasteiger partial charge is 0.519 e. The third-order valence-electron chi connectivity index (χ3n) is 13.4. The van der Waals surface area contributed by atoms with Crippen molar-refractivity contribution in [3.8, 4) is 34.1 Å². The number of carbonyl (C=O) groups is 2. The van der Waals surface area contributed by atoms with Gasteiger partial charge in [0.25, 0.3) is 0 Å². The molecule has 0 atom stereocenters. The van der Waals surface area contributed by atoms with Crippen LogP contribution in [0.25, 0.3) is 22.8 Å². The van der Waals surface area contributed by atoms with Gasteiger partial charge in [-0.1, -0.05) is 159 Å². The number of ether oxygens (including phenoxy) is 6. The van der Waals surface area contributed by atoms with Crippen molar-refractivity contribution in [2.24, 2.45) is 0 Å². The van der Waals surface area contributed by atoms with E-state index in [0.717, 1.165) is 72.9 Å². The number of aryl methyl sites for hydroxylation is 2. The molecule has 0 amide bonds. The first kappa shape index (κ1) is 55.2. The van der Waals surface area contributed by atoms with Gasteiger partial charge < -0.3 is 33.3 Å². The average Bonchev–Trinajstić information content (AvgIpc) is 3.47. The lowest BCUT2D eigenvalue weighted by molar-refractivity contribution is -0.131. The zero-order valence-electron chi connectivity index (χ0n) is 45.5. The second-order valence-electron chi connectivity index (χ2n) is 19.3. The Labute approximate surface area is 458 Å². The SMILES string of the molecule is COCc1ccc(N(c2ccc(C=C(c3ccccc3)c3ccccc3)cc2)c2ccc(COC)cc2)cc1.COc1ccc(-c2ccc(OC(=O)Oc3ccc(C(C)(C)c4ccc(OC(C)=O)c(C)c4)cc3C)cc2)cc1. The molecule has 0 N–H and O–H groups in total. The lowest BCUT2D eigenvalue weighted by atomic mass is 9.77. The van der Waals surface area contributed by atoms with Crippen LogP contribution in [-0.4, -0.2) is 33.5 Å². The molecular formula is C69H65NO8. The van der Waals surface area contributed by atoms with Gasteiger partial charge in [0.05, 0.1) is 20.3 Å². The number of hydrogen-bond donors (Lipinski definition) is 0. The van der Waals surface area contributed by atoms with Crippen molar-refractivity contribution >= 4 is 40.8 Å². The minimum Gasteiger partial charge on any atom is -0.497 e. The van der Waals surface area contributed by atoms with Crippen molar-refractivity contribution in [2.45, 2.75) is 53.2 Å². The van der Waals surface area contributed by atoms with E-state index in [4.69, 9.17) is 28.4 Å². The second kappa shape index (κ2) is 26.2. The fraction of sp³-hybridized carbons (Fsp3) is 0.159. The van der Waals surface area contributed by atoms with Crippen LogP contribution in [0, 0.1) is 13.8 Å². The maximum atomic E-state index is 12.5. The molecule has 0 unspecified atom stereocenters. The number of rotatable bonds is 17. The van der Waals surface area contributed by atoms with Crippen LogP contribution >= 0.6 is 0 Å². The normalized spacial score (nSPS) is 10.9. The van der Waals surface area contributed by atoms with Crippen molar-refractivity contribution in [1.29, 1.82) is 0 Å². The number of nitrogens with zero attached hydrogens (tertiary/aromatic N) is 1. The highest BCUT2D eigenvalue weighted by molar-refractivity contribution is 5.92. The van der Waals surface area contributed by atoms with Gasteiger partial charge in [-0.15, -0.1) is 0 Å². The predicted octanol–water partition coefficient (Wildman–Crippen LogP) is 16.8. The summed E-state index contributed by atoms with van der Waals surface area (Å²) in [4.78, 5) is 26.1. The summed E-state index contributed by atoms with van der Waals surface area (Å²) in [6.07, 6.45) is 1.46. The number of esters is 1. The molecule has 394 valence electrons. The van der Waals surface area contributed by atoms with E-state index in [1.807, 2.05) is 80.6 Å². The van der Waals surface area contributed by atoms with Gasteiger partial charge >= 0.3 is 12.1 Å². The highest BCUT2D eigenvalue weighted by atomic mass is 16.7. The molecule has 0 radical (unpaired) electrons. The van der Waals surface area contributed by atoms with Gasteiger partial charge in [0.15, 0.2) is 0 Å². The smallest absolute Gasteiger partial charge is 0.497 e. The zero-order chi connectivity index (χ0) is 55.0. The summed E-state index contributed by atoms with van der Waals surface area (Å²) in [6, 6.07) is 73.4. The Morgan fingerprint density at radius 1 is 0.474 bits per heavy atom. The highest BCUT2D eigenvalue weighted by Gasteiger charge is 2.25. The molecule has 0 bridgehead atoms. The molecule has 9 heteroatoms. The van der Waals surface area contributed by atoms with Crippen molar-refractivity contribution in [3.63, 3.8) is 0 Å². The molecule has 0 fully saturated rings.